The van der Waals surface area contributed by atoms with Gasteiger partial charge in [0.1, 0.15) is 0 Å². The fourth-order valence-corrected chi connectivity index (χ4v) is 3.94. The number of benzene rings is 2. The smallest absolute Gasteiger partial charge is 0.335 e. The molecule has 3 aromatic rings. The van der Waals surface area contributed by atoms with Crippen LogP contribution in [0.4, 0.5) is 0 Å². The topological polar surface area (TPSA) is 42.2 Å². The number of carbonyl (C=O) groups is 1. The molecular formula is C27H25NO2. The summed E-state index contributed by atoms with van der Waals surface area (Å²) in [5.41, 5.74) is 6.86. The summed E-state index contributed by atoms with van der Waals surface area (Å²) in [5, 5.41) is 9.53. The van der Waals surface area contributed by atoms with Gasteiger partial charge in [-0.05, 0) is 55.2 Å². The summed E-state index contributed by atoms with van der Waals surface area (Å²) in [6.45, 7) is 5.88. The van der Waals surface area contributed by atoms with Gasteiger partial charge in [-0.15, -0.1) is 0 Å². The van der Waals surface area contributed by atoms with E-state index in [0.717, 1.165) is 29.8 Å². The Morgan fingerprint density at radius 3 is 2.50 bits per heavy atom. The standard InChI is InChI=1S/C27H25NO2/c1-3-9-20(10-4-2)25-18-24(19-11-6-5-7-12-19)26(21-15-16-21)28(25)23-14-8-13-22(17-23)27(29)30/h3-14,17-18,21H,1,15-16H2,2H3,(H,29,30)/b10-4-,20-9+. The van der Waals surface area contributed by atoms with Gasteiger partial charge in [-0.3, -0.25) is 0 Å². The predicted octanol–water partition coefficient (Wildman–Crippen LogP) is 6.87. The van der Waals surface area contributed by atoms with Crippen LogP contribution in [0, 0.1) is 0 Å². The van der Waals surface area contributed by atoms with Gasteiger partial charge in [-0.2, -0.15) is 0 Å². The molecule has 1 aliphatic carbocycles. The average molecular weight is 396 g/mol. The van der Waals surface area contributed by atoms with Crippen LogP contribution in [0.5, 0.6) is 0 Å². The molecule has 0 aliphatic heterocycles. The van der Waals surface area contributed by atoms with Crippen molar-refractivity contribution in [2.75, 3.05) is 0 Å². The summed E-state index contributed by atoms with van der Waals surface area (Å²) in [7, 11) is 0. The third-order valence-corrected chi connectivity index (χ3v) is 5.38. The molecule has 0 radical (unpaired) electrons. The molecule has 1 aromatic heterocycles. The third kappa shape index (κ3) is 3.79. The highest BCUT2D eigenvalue weighted by Gasteiger charge is 2.32. The van der Waals surface area contributed by atoms with Gasteiger partial charge >= 0.3 is 5.97 Å². The first-order valence-electron chi connectivity index (χ1n) is 10.2. The van der Waals surface area contributed by atoms with Gasteiger partial charge in [0.15, 0.2) is 0 Å². The molecule has 2 aromatic carbocycles. The lowest BCUT2D eigenvalue weighted by Crippen LogP contribution is -2.06. The number of allylic oxidation sites excluding steroid dienone is 5. The normalized spacial score (nSPS) is 14.2. The van der Waals surface area contributed by atoms with Crippen molar-refractivity contribution in [1.82, 2.24) is 4.57 Å². The molecule has 0 unspecified atom stereocenters. The summed E-state index contributed by atoms with van der Waals surface area (Å²) >= 11 is 0. The summed E-state index contributed by atoms with van der Waals surface area (Å²) in [6, 6.07) is 19.8. The van der Waals surface area contributed by atoms with E-state index in [4.69, 9.17) is 0 Å². The maximum Gasteiger partial charge on any atom is 0.335 e. The van der Waals surface area contributed by atoms with E-state index in [1.807, 2.05) is 37.3 Å². The van der Waals surface area contributed by atoms with E-state index in [2.05, 4.69) is 47.6 Å². The van der Waals surface area contributed by atoms with Gasteiger partial charge in [-0.25, -0.2) is 4.79 Å². The Labute approximate surface area is 177 Å². The first-order chi connectivity index (χ1) is 14.6. The molecule has 150 valence electrons. The zero-order valence-electron chi connectivity index (χ0n) is 17.1. The highest BCUT2D eigenvalue weighted by molar-refractivity contribution is 5.88. The lowest BCUT2D eigenvalue weighted by atomic mass is 10.0. The zero-order chi connectivity index (χ0) is 21.1. The number of nitrogens with zero attached hydrogens (tertiary/aromatic N) is 1. The quantitative estimate of drug-likeness (QED) is 0.444. The first kappa shape index (κ1) is 19.7. The van der Waals surface area contributed by atoms with E-state index in [-0.39, 0.29) is 5.56 Å². The highest BCUT2D eigenvalue weighted by atomic mass is 16.4. The molecule has 0 bridgehead atoms. The van der Waals surface area contributed by atoms with Crippen LogP contribution in [-0.4, -0.2) is 15.6 Å². The van der Waals surface area contributed by atoms with Crippen molar-refractivity contribution in [2.45, 2.75) is 25.7 Å². The van der Waals surface area contributed by atoms with Crippen molar-refractivity contribution in [3.05, 3.63) is 108 Å². The Morgan fingerprint density at radius 2 is 1.87 bits per heavy atom. The van der Waals surface area contributed by atoms with Gasteiger partial charge in [0, 0.05) is 22.9 Å². The molecule has 0 amide bonds. The van der Waals surface area contributed by atoms with Crippen LogP contribution in [-0.2, 0) is 0 Å². The van der Waals surface area contributed by atoms with Gasteiger partial charge in [0.25, 0.3) is 0 Å². The van der Waals surface area contributed by atoms with Crippen molar-refractivity contribution in [2.24, 2.45) is 0 Å². The van der Waals surface area contributed by atoms with E-state index in [0.29, 0.717) is 5.92 Å². The minimum absolute atomic E-state index is 0.287. The van der Waals surface area contributed by atoms with Crippen molar-refractivity contribution in [3.8, 4) is 16.8 Å². The Kier molecular flexibility index (Phi) is 5.53. The van der Waals surface area contributed by atoms with E-state index in [1.54, 1.807) is 18.2 Å². The first-order valence-corrected chi connectivity index (χ1v) is 10.2. The monoisotopic (exact) mass is 395 g/mol. The van der Waals surface area contributed by atoms with E-state index < -0.39 is 5.97 Å². The maximum absolute atomic E-state index is 11.6. The zero-order valence-corrected chi connectivity index (χ0v) is 17.1. The maximum atomic E-state index is 11.6. The highest BCUT2D eigenvalue weighted by Crippen LogP contribution is 2.48. The molecule has 3 heteroatoms. The fourth-order valence-electron chi connectivity index (χ4n) is 3.94. The molecule has 1 fully saturated rings. The second-order valence-electron chi connectivity index (χ2n) is 7.52. The molecular weight excluding hydrogens is 370 g/mol. The van der Waals surface area contributed by atoms with Gasteiger partial charge in [0.05, 0.1) is 11.3 Å². The van der Waals surface area contributed by atoms with Gasteiger partial charge < -0.3 is 9.67 Å². The average Bonchev–Trinajstić information content (AvgIpc) is 3.53. The Bertz CT molecular complexity index is 1140. The Hall–Kier alpha value is -3.59. The number of carboxylic acids is 1. The minimum atomic E-state index is -0.919. The SMILES string of the molecule is C=C/C=C(\C=C/C)c1cc(-c2ccccc2)c(C2CC2)n1-c1cccc(C(=O)O)c1. The molecule has 0 saturated heterocycles. The van der Waals surface area contributed by atoms with E-state index >= 15 is 0 Å². The van der Waals surface area contributed by atoms with Crippen LogP contribution in [0.2, 0.25) is 0 Å². The molecule has 0 spiro atoms. The predicted molar refractivity (Wildman–Crippen MR) is 123 cm³/mol. The van der Waals surface area contributed by atoms with Crippen LogP contribution >= 0.6 is 0 Å². The van der Waals surface area contributed by atoms with Crippen molar-refractivity contribution >= 4 is 11.5 Å². The molecule has 0 atom stereocenters. The number of aromatic nitrogens is 1. The van der Waals surface area contributed by atoms with Crippen molar-refractivity contribution < 1.29 is 9.90 Å². The van der Waals surface area contributed by atoms with Crippen LogP contribution in [0.25, 0.3) is 22.4 Å². The molecule has 30 heavy (non-hydrogen) atoms. The van der Waals surface area contributed by atoms with Gasteiger partial charge in [0.2, 0.25) is 0 Å². The molecule has 1 saturated carbocycles. The van der Waals surface area contributed by atoms with E-state index in [9.17, 15) is 9.90 Å². The molecule has 1 N–H and O–H groups in total. The summed E-state index contributed by atoms with van der Waals surface area (Å²) in [5.74, 6) is -0.449. The van der Waals surface area contributed by atoms with Crippen LogP contribution in [0.1, 0.15) is 47.4 Å². The molecule has 1 heterocycles. The minimum Gasteiger partial charge on any atom is -0.478 e. The number of hydrogen-bond donors (Lipinski definition) is 1. The summed E-state index contributed by atoms with van der Waals surface area (Å²) in [6.07, 6.45) is 10.2. The second kappa shape index (κ2) is 8.42. The number of carboxylic acid groups (broad SMARTS) is 1. The largest absolute Gasteiger partial charge is 0.478 e. The number of aromatic carboxylic acids is 1. The van der Waals surface area contributed by atoms with Crippen molar-refractivity contribution in [3.63, 3.8) is 0 Å². The Balaban J connectivity index is 2.04. The fraction of sp³-hybridized carbons (Fsp3) is 0.148. The summed E-state index contributed by atoms with van der Waals surface area (Å²) in [4.78, 5) is 11.6. The van der Waals surface area contributed by atoms with Crippen LogP contribution in [0.15, 0.2) is 91.5 Å². The lowest BCUT2D eigenvalue weighted by Gasteiger charge is -2.16. The second-order valence-corrected chi connectivity index (χ2v) is 7.52. The Morgan fingerprint density at radius 1 is 1.10 bits per heavy atom. The van der Waals surface area contributed by atoms with E-state index in [1.165, 1.54) is 16.8 Å². The molecule has 3 nitrogen and oxygen atoms in total. The lowest BCUT2D eigenvalue weighted by molar-refractivity contribution is 0.0697. The molecule has 4 rings (SSSR count). The summed E-state index contributed by atoms with van der Waals surface area (Å²) < 4.78 is 2.24. The van der Waals surface area contributed by atoms with Gasteiger partial charge in [-0.1, -0.05) is 67.3 Å². The molecule has 1 aliphatic rings. The van der Waals surface area contributed by atoms with Crippen molar-refractivity contribution in [1.29, 1.82) is 0 Å². The van der Waals surface area contributed by atoms with Crippen LogP contribution in [0.3, 0.4) is 0 Å². The number of rotatable bonds is 7. The number of hydrogen-bond acceptors (Lipinski definition) is 1. The van der Waals surface area contributed by atoms with Crippen LogP contribution < -0.4 is 0 Å². The third-order valence-electron chi connectivity index (χ3n) is 5.38.